The number of hydrogen-bond donors (Lipinski definition) is 1. The maximum atomic E-state index is 13.9. The maximum absolute atomic E-state index is 13.9. The number of anilines is 1. The lowest BCUT2D eigenvalue weighted by Crippen LogP contribution is -2.64. The molecule has 1 saturated heterocycles. The molecule has 3 fully saturated rings. The monoisotopic (exact) mass is 681 g/mol. The normalized spacial score (nSPS) is 27.4. The van der Waals surface area contributed by atoms with Crippen LogP contribution < -0.4 is 10.4 Å². The van der Waals surface area contributed by atoms with Gasteiger partial charge in [0.25, 0.3) is 0 Å². The number of halogens is 3. The summed E-state index contributed by atoms with van der Waals surface area (Å²) >= 11 is 18.8. The number of Topliss-reactive ketones (excluding diaryl/α,β-unsaturated/α-hetero) is 1. The van der Waals surface area contributed by atoms with Gasteiger partial charge in [-0.2, -0.15) is 18.9 Å². The molecule has 0 spiro atoms. The number of hydrogen-bond acceptors (Lipinski definition) is 7. The Hall–Kier alpha value is -2.21. The minimum atomic E-state index is -4.22. The quantitative estimate of drug-likeness (QED) is 0.313. The van der Waals surface area contributed by atoms with E-state index in [1.165, 1.54) is 0 Å². The topological polar surface area (TPSA) is 105 Å². The van der Waals surface area contributed by atoms with Crippen molar-refractivity contribution >= 4 is 68.0 Å². The zero-order chi connectivity index (χ0) is 31.5. The first-order chi connectivity index (χ1) is 20.7. The second-order valence-corrected chi connectivity index (χ2v) is 15.9. The predicted molar refractivity (Wildman–Crippen MR) is 171 cm³/mol. The SMILES string of the molecule is CC1(C)C2CCC1(CS(=O)(=O)O[N+]1(NC(=O)C3=NN(c4ccc(Cl)cc4Cl)C(c4ccc(Cl)cc4)C3)CCCCC1)C(=O)C2. The van der Waals surface area contributed by atoms with Gasteiger partial charge in [0.2, 0.25) is 0 Å². The van der Waals surface area contributed by atoms with Crippen molar-refractivity contribution < 1.29 is 27.0 Å². The number of ketones is 1. The van der Waals surface area contributed by atoms with Crippen LogP contribution in [0, 0.1) is 16.7 Å². The van der Waals surface area contributed by atoms with Gasteiger partial charge in [-0.3, -0.25) is 14.6 Å². The van der Waals surface area contributed by atoms with E-state index in [4.69, 9.17) is 39.1 Å². The average Bonchev–Trinajstić information content (AvgIpc) is 3.54. The van der Waals surface area contributed by atoms with Crippen LogP contribution in [0.25, 0.3) is 0 Å². The molecule has 6 rings (SSSR count). The van der Waals surface area contributed by atoms with Crippen LogP contribution >= 0.6 is 34.8 Å². The Kier molecular flexibility index (Phi) is 8.33. The molecular weight excluding hydrogens is 647 g/mol. The number of nitrogens with zero attached hydrogens (tertiary/aromatic N) is 3. The van der Waals surface area contributed by atoms with E-state index in [-0.39, 0.29) is 48.7 Å². The Morgan fingerprint density at radius 1 is 1.05 bits per heavy atom. The van der Waals surface area contributed by atoms with Crippen molar-refractivity contribution in [3.8, 4) is 0 Å². The van der Waals surface area contributed by atoms with Gasteiger partial charge in [0.1, 0.15) is 24.6 Å². The summed E-state index contributed by atoms with van der Waals surface area (Å²) in [7, 11) is -4.22. The van der Waals surface area contributed by atoms with Crippen LogP contribution in [0.5, 0.6) is 0 Å². The molecule has 2 saturated carbocycles. The van der Waals surface area contributed by atoms with Crippen molar-refractivity contribution in [2.75, 3.05) is 23.9 Å². The Morgan fingerprint density at radius 2 is 1.73 bits per heavy atom. The number of benzene rings is 2. The highest BCUT2D eigenvalue weighted by Gasteiger charge is 2.66. The maximum Gasteiger partial charge on any atom is 0.318 e. The third-order valence-corrected chi connectivity index (χ3v) is 12.4. The number of hydrazone groups is 1. The summed E-state index contributed by atoms with van der Waals surface area (Å²) in [6.45, 7) is 4.54. The molecule has 3 unspecified atom stereocenters. The van der Waals surface area contributed by atoms with E-state index in [1.807, 2.05) is 26.0 Å². The van der Waals surface area contributed by atoms with E-state index < -0.39 is 31.6 Å². The van der Waals surface area contributed by atoms with Gasteiger partial charge in [-0.05, 0) is 70.8 Å². The molecule has 2 bridgehead atoms. The van der Waals surface area contributed by atoms with Crippen LogP contribution in [-0.4, -0.2) is 49.4 Å². The van der Waals surface area contributed by atoms with Gasteiger partial charge in [0.15, 0.2) is 0 Å². The van der Waals surface area contributed by atoms with Crippen LogP contribution in [0.1, 0.15) is 70.4 Å². The number of amides is 1. The molecule has 2 aliphatic carbocycles. The van der Waals surface area contributed by atoms with Crippen molar-refractivity contribution in [2.24, 2.45) is 21.8 Å². The van der Waals surface area contributed by atoms with E-state index in [9.17, 15) is 18.0 Å². The fourth-order valence-corrected chi connectivity index (χ4v) is 10.2. The first-order valence-corrected chi connectivity index (χ1v) is 17.7. The third-order valence-electron chi connectivity index (χ3n) is 10.2. The number of hydroxylamine groups is 2. The van der Waals surface area contributed by atoms with Crippen LogP contribution in [0.3, 0.4) is 0 Å². The van der Waals surface area contributed by atoms with Crippen molar-refractivity contribution in [1.29, 1.82) is 0 Å². The average molecular weight is 683 g/mol. The third kappa shape index (κ3) is 5.67. The Balaban J connectivity index is 1.27. The fourth-order valence-electron chi connectivity index (χ4n) is 7.61. The Bertz CT molecular complexity index is 1630. The van der Waals surface area contributed by atoms with Gasteiger partial charge < -0.3 is 0 Å². The van der Waals surface area contributed by atoms with E-state index in [1.54, 1.807) is 35.3 Å². The highest BCUT2D eigenvalue weighted by molar-refractivity contribution is 7.86. The summed E-state index contributed by atoms with van der Waals surface area (Å²) in [4.78, 5) is 27.0. The number of nitrogens with one attached hydrogen (secondary N) is 1. The highest BCUT2D eigenvalue weighted by Crippen LogP contribution is 2.64. The second-order valence-electron chi connectivity index (χ2n) is 13.0. The molecule has 0 radical (unpaired) electrons. The molecule has 9 nitrogen and oxygen atoms in total. The van der Waals surface area contributed by atoms with Gasteiger partial charge in [-0.25, -0.2) is 0 Å². The molecule has 236 valence electrons. The Morgan fingerprint density at radius 3 is 2.34 bits per heavy atom. The number of piperidine rings is 1. The molecule has 0 aromatic heterocycles. The van der Waals surface area contributed by atoms with Gasteiger partial charge >= 0.3 is 16.0 Å². The zero-order valence-corrected chi connectivity index (χ0v) is 27.8. The number of carbonyl (C=O) groups is 2. The standard InChI is InChI=1S/C31H35Cl3N4O5S/c1-30(2)21-12-13-31(30,28(39)16-21)19-44(41,42)43-38(14-4-3-5-15-38)36-29(40)25-18-27(20-6-8-22(32)9-7-20)37(35-25)26-11-10-23(33)17-24(26)34/h6-11,17,21,27H,3-5,12-16,18-19H2,1-2H3/p+1. The minimum Gasteiger partial charge on any atom is -0.299 e. The molecule has 3 atom stereocenters. The second kappa shape index (κ2) is 11.5. The van der Waals surface area contributed by atoms with Gasteiger partial charge in [-0.15, -0.1) is 0 Å². The smallest absolute Gasteiger partial charge is 0.299 e. The van der Waals surface area contributed by atoms with Crippen molar-refractivity contribution in [3.63, 3.8) is 0 Å². The first kappa shape index (κ1) is 31.8. The van der Waals surface area contributed by atoms with E-state index >= 15 is 0 Å². The van der Waals surface area contributed by atoms with Crippen LogP contribution in [-0.2, 0) is 24.0 Å². The summed E-state index contributed by atoms with van der Waals surface area (Å²) in [6, 6.07) is 11.9. The lowest BCUT2D eigenvalue weighted by Gasteiger charge is -2.39. The van der Waals surface area contributed by atoms with Gasteiger partial charge in [0.05, 0.1) is 27.9 Å². The van der Waals surface area contributed by atoms with Crippen molar-refractivity contribution in [1.82, 2.24) is 5.43 Å². The van der Waals surface area contributed by atoms with Crippen molar-refractivity contribution in [3.05, 3.63) is 63.1 Å². The van der Waals surface area contributed by atoms with Gasteiger partial charge in [0, 0.05) is 35.7 Å². The molecule has 2 aromatic rings. The largest absolute Gasteiger partial charge is 0.318 e. The molecule has 2 heterocycles. The van der Waals surface area contributed by atoms with Crippen LogP contribution in [0.4, 0.5) is 5.69 Å². The molecule has 44 heavy (non-hydrogen) atoms. The summed E-state index contributed by atoms with van der Waals surface area (Å²) < 4.78 is 32.8. The predicted octanol–water partition coefficient (Wildman–Crippen LogP) is 6.64. The highest BCUT2D eigenvalue weighted by atomic mass is 35.5. The molecule has 2 aliphatic heterocycles. The van der Waals surface area contributed by atoms with E-state index in [0.29, 0.717) is 46.4 Å². The van der Waals surface area contributed by atoms with E-state index in [0.717, 1.165) is 18.4 Å². The molecule has 1 amide bonds. The molecule has 1 N–H and O–H groups in total. The number of fused-ring (bicyclic) bond motifs is 2. The van der Waals surface area contributed by atoms with E-state index in [2.05, 4.69) is 10.5 Å². The number of rotatable bonds is 8. The number of quaternary nitrogens is 1. The first-order valence-electron chi connectivity index (χ1n) is 15.0. The molecular formula is C31H36Cl3N4O5S+. The Labute approximate surface area is 273 Å². The zero-order valence-electron chi connectivity index (χ0n) is 24.7. The lowest BCUT2D eigenvalue weighted by molar-refractivity contribution is -1.11. The summed E-state index contributed by atoms with van der Waals surface area (Å²) in [5.41, 5.74) is 3.11. The number of carbonyl (C=O) groups excluding carboxylic acids is 2. The summed E-state index contributed by atoms with van der Waals surface area (Å²) in [6.07, 6.45) is 4.21. The van der Waals surface area contributed by atoms with Crippen molar-refractivity contribution in [2.45, 2.75) is 64.8 Å². The van der Waals surface area contributed by atoms with Crippen LogP contribution in [0.15, 0.2) is 47.6 Å². The van der Waals surface area contributed by atoms with Gasteiger partial charge in [-0.1, -0.05) is 65.5 Å². The molecule has 2 aromatic carbocycles. The minimum absolute atomic E-state index is 0.00495. The molecule has 13 heteroatoms. The molecule has 4 aliphatic rings. The summed E-state index contributed by atoms with van der Waals surface area (Å²) in [5.74, 6) is -0.755. The fraction of sp³-hybridized carbons (Fsp3) is 0.516. The summed E-state index contributed by atoms with van der Waals surface area (Å²) in [5, 5.41) is 7.77. The van der Waals surface area contributed by atoms with Crippen LogP contribution in [0.2, 0.25) is 15.1 Å². The lowest BCUT2D eigenvalue weighted by atomic mass is 9.70.